The highest BCUT2D eigenvalue weighted by Crippen LogP contribution is 2.14. The number of hydrogen-bond donors (Lipinski definition) is 1. The van der Waals surface area contributed by atoms with Crippen LogP contribution in [0.3, 0.4) is 0 Å². The standard InChI is InChI=1S/C19H12F2N4O/c20-15-6-13(7-16(21)8-15)5-12-1-4-18(24-10-12)25-19(26)14-2-3-17(9-22)23-11-14/h1-4,6-8,10-11H,5H2,(H,24,25,26). The summed E-state index contributed by atoms with van der Waals surface area (Å²) in [6.07, 6.45) is 3.14. The van der Waals surface area contributed by atoms with Gasteiger partial charge >= 0.3 is 0 Å². The average molecular weight is 350 g/mol. The van der Waals surface area contributed by atoms with E-state index in [4.69, 9.17) is 5.26 Å². The van der Waals surface area contributed by atoms with Gasteiger partial charge in [0.25, 0.3) is 5.91 Å². The highest BCUT2D eigenvalue weighted by molar-refractivity contribution is 6.03. The number of nitrogens with zero attached hydrogens (tertiary/aromatic N) is 3. The van der Waals surface area contributed by atoms with Gasteiger partial charge in [-0.15, -0.1) is 0 Å². The molecule has 2 aromatic heterocycles. The van der Waals surface area contributed by atoms with Gasteiger partial charge in [-0.3, -0.25) is 4.79 Å². The zero-order valence-electron chi connectivity index (χ0n) is 13.4. The molecule has 128 valence electrons. The molecular weight excluding hydrogens is 338 g/mol. The number of rotatable bonds is 4. The summed E-state index contributed by atoms with van der Waals surface area (Å²) in [5.41, 5.74) is 1.75. The predicted octanol–water partition coefficient (Wildman–Crippen LogP) is 3.47. The van der Waals surface area contributed by atoms with E-state index in [1.807, 2.05) is 6.07 Å². The number of amides is 1. The molecule has 0 bridgehead atoms. The predicted molar refractivity (Wildman–Crippen MR) is 90.3 cm³/mol. The van der Waals surface area contributed by atoms with E-state index in [2.05, 4.69) is 15.3 Å². The number of aromatic nitrogens is 2. The first-order valence-corrected chi connectivity index (χ1v) is 7.61. The maximum Gasteiger partial charge on any atom is 0.258 e. The van der Waals surface area contributed by atoms with E-state index in [-0.39, 0.29) is 5.69 Å². The minimum atomic E-state index is -0.632. The second-order valence-corrected chi connectivity index (χ2v) is 5.50. The SMILES string of the molecule is N#Cc1ccc(C(=O)Nc2ccc(Cc3cc(F)cc(F)c3)cn2)cn1. The summed E-state index contributed by atoms with van der Waals surface area (Å²) in [5, 5.41) is 11.3. The summed E-state index contributed by atoms with van der Waals surface area (Å²) >= 11 is 0. The Morgan fingerprint density at radius 3 is 2.35 bits per heavy atom. The number of pyridine rings is 2. The quantitative estimate of drug-likeness (QED) is 0.781. The number of halogens is 2. The van der Waals surface area contributed by atoms with E-state index in [0.29, 0.717) is 23.4 Å². The zero-order valence-corrected chi connectivity index (χ0v) is 13.4. The fraction of sp³-hybridized carbons (Fsp3) is 0.0526. The van der Waals surface area contributed by atoms with E-state index < -0.39 is 17.5 Å². The molecule has 0 atom stereocenters. The molecule has 7 heteroatoms. The number of nitrogens with one attached hydrogen (secondary N) is 1. The number of hydrogen-bond acceptors (Lipinski definition) is 4. The van der Waals surface area contributed by atoms with Crippen molar-refractivity contribution in [3.8, 4) is 6.07 Å². The molecule has 3 rings (SSSR count). The van der Waals surface area contributed by atoms with Crippen molar-refractivity contribution < 1.29 is 13.6 Å². The van der Waals surface area contributed by atoms with Crippen LogP contribution in [0.1, 0.15) is 27.2 Å². The maximum absolute atomic E-state index is 13.2. The van der Waals surface area contributed by atoms with Gasteiger partial charge in [-0.05, 0) is 47.9 Å². The molecule has 0 saturated heterocycles. The summed E-state index contributed by atoms with van der Waals surface area (Å²) in [6, 6.07) is 11.5. The molecule has 1 amide bonds. The van der Waals surface area contributed by atoms with Crippen LogP contribution < -0.4 is 5.32 Å². The topological polar surface area (TPSA) is 78.7 Å². The average Bonchev–Trinajstić information content (AvgIpc) is 2.62. The first-order valence-electron chi connectivity index (χ1n) is 7.61. The van der Waals surface area contributed by atoms with E-state index in [1.165, 1.54) is 36.7 Å². The Kier molecular flexibility index (Phi) is 4.94. The normalized spacial score (nSPS) is 10.2. The van der Waals surface area contributed by atoms with Crippen molar-refractivity contribution in [2.75, 3.05) is 5.32 Å². The smallest absolute Gasteiger partial charge is 0.258 e. The second-order valence-electron chi connectivity index (χ2n) is 5.50. The molecule has 5 nitrogen and oxygen atoms in total. The van der Waals surface area contributed by atoms with E-state index in [0.717, 1.165) is 11.6 Å². The number of nitriles is 1. The summed E-state index contributed by atoms with van der Waals surface area (Å²) in [7, 11) is 0. The van der Waals surface area contributed by atoms with Crippen LogP contribution in [0.25, 0.3) is 0 Å². The minimum absolute atomic E-state index is 0.220. The molecule has 3 aromatic rings. The lowest BCUT2D eigenvalue weighted by Gasteiger charge is -2.06. The van der Waals surface area contributed by atoms with Gasteiger partial charge in [0.2, 0.25) is 0 Å². The van der Waals surface area contributed by atoms with Crippen molar-refractivity contribution in [3.63, 3.8) is 0 Å². The van der Waals surface area contributed by atoms with E-state index >= 15 is 0 Å². The molecule has 0 spiro atoms. The van der Waals surface area contributed by atoms with E-state index in [9.17, 15) is 13.6 Å². The Balaban J connectivity index is 1.67. The van der Waals surface area contributed by atoms with Gasteiger partial charge in [-0.25, -0.2) is 18.7 Å². The Bertz CT molecular complexity index is 960. The minimum Gasteiger partial charge on any atom is -0.307 e. The lowest BCUT2D eigenvalue weighted by molar-refractivity contribution is 0.102. The molecule has 0 aliphatic carbocycles. The second kappa shape index (κ2) is 7.49. The maximum atomic E-state index is 13.2. The molecule has 0 unspecified atom stereocenters. The molecule has 0 aliphatic heterocycles. The summed E-state index contributed by atoms with van der Waals surface area (Å²) in [4.78, 5) is 20.1. The number of carbonyl (C=O) groups excluding carboxylic acids is 1. The third-order valence-electron chi connectivity index (χ3n) is 3.54. The van der Waals surface area contributed by atoms with Crippen molar-refractivity contribution >= 4 is 11.7 Å². The van der Waals surface area contributed by atoms with E-state index in [1.54, 1.807) is 12.1 Å². The van der Waals surface area contributed by atoms with Crippen LogP contribution in [-0.2, 0) is 6.42 Å². The Labute approximate surface area is 148 Å². The van der Waals surface area contributed by atoms with Crippen LogP contribution >= 0.6 is 0 Å². The highest BCUT2D eigenvalue weighted by Gasteiger charge is 2.08. The largest absolute Gasteiger partial charge is 0.307 e. The van der Waals surface area contributed by atoms with Crippen LogP contribution in [0.4, 0.5) is 14.6 Å². The first kappa shape index (κ1) is 17.2. The van der Waals surface area contributed by atoms with Crippen molar-refractivity contribution in [2.45, 2.75) is 6.42 Å². The third-order valence-corrected chi connectivity index (χ3v) is 3.54. The molecule has 2 heterocycles. The molecule has 1 N–H and O–H groups in total. The molecule has 0 radical (unpaired) electrons. The number of carbonyl (C=O) groups is 1. The van der Waals surface area contributed by atoms with Crippen LogP contribution in [0.5, 0.6) is 0 Å². The monoisotopic (exact) mass is 350 g/mol. The van der Waals surface area contributed by atoms with Gasteiger partial charge in [0.15, 0.2) is 0 Å². The molecule has 0 aliphatic rings. The van der Waals surface area contributed by atoms with Gasteiger partial charge in [0.05, 0.1) is 5.56 Å². The van der Waals surface area contributed by atoms with Gasteiger partial charge in [0, 0.05) is 18.5 Å². The fourth-order valence-electron chi connectivity index (χ4n) is 2.33. The van der Waals surface area contributed by atoms with Crippen LogP contribution in [0, 0.1) is 23.0 Å². The van der Waals surface area contributed by atoms with Crippen LogP contribution in [0.2, 0.25) is 0 Å². The molecule has 0 saturated carbocycles. The van der Waals surface area contributed by atoms with Crippen LogP contribution in [0.15, 0.2) is 54.9 Å². The Morgan fingerprint density at radius 1 is 1.00 bits per heavy atom. The fourth-order valence-corrected chi connectivity index (χ4v) is 2.33. The number of benzene rings is 1. The summed E-state index contributed by atoms with van der Waals surface area (Å²) in [5.74, 6) is -1.34. The van der Waals surface area contributed by atoms with Gasteiger partial charge in [-0.1, -0.05) is 6.07 Å². The third kappa shape index (κ3) is 4.24. The molecule has 26 heavy (non-hydrogen) atoms. The van der Waals surface area contributed by atoms with Gasteiger partial charge < -0.3 is 5.32 Å². The number of anilines is 1. The first-order chi connectivity index (χ1) is 12.5. The lowest BCUT2D eigenvalue weighted by Crippen LogP contribution is -2.13. The van der Waals surface area contributed by atoms with Gasteiger partial charge in [-0.2, -0.15) is 5.26 Å². The molecular formula is C19H12F2N4O. The van der Waals surface area contributed by atoms with Gasteiger partial charge in [0.1, 0.15) is 29.2 Å². The van der Waals surface area contributed by atoms with Crippen LogP contribution in [-0.4, -0.2) is 15.9 Å². The van der Waals surface area contributed by atoms with Crippen molar-refractivity contribution in [1.29, 1.82) is 5.26 Å². The highest BCUT2D eigenvalue weighted by atomic mass is 19.1. The lowest BCUT2D eigenvalue weighted by atomic mass is 10.1. The Hall–Kier alpha value is -3.66. The van der Waals surface area contributed by atoms with Crippen molar-refractivity contribution in [2.24, 2.45) is 0 Å². The Morgan fingerprint density at radius 2 is 1.77 bits per heavy atom. The van der Waals surface area contributed by atoms with Crippen molar-refractivity contribution in [1.82, 2.24) is 9.97 Å². The summed E-state index contributed by atoms with van der Waals surface area (Å²) < 4.78 is 26.4. The van der Waals surface area contributed by atoms with Crippen molar-refractivity contribution in [3.05, 3.63) is 88.9 Å². The summed E-state index contributed by atoms with van der Waals surface area (Å²) in [6.45, 7) is 0. The molecule has 1 aromatic carbocycles. The zero-order chi connectivity index (χ0) is 18.5. The molecule has 0 fully saturated rings.